The molecule has 0 saturated carbocycles. The lowest BCUT2D eigenvalue weighted by Gasteiger charge is -2.20. The molecule has 1 aromatic heterocycles. The molecule has 1 rings (SSSR count). The van der Waals surface area contributed by atoms with Gasteiger partial charge in [-0.15, -0.1) is 11.8 Å². The largest absolute Gasteiger partial charge is 0.417 e. The van der Waals surface area contributed by atoms with Crippen molar-refractivity contribution >= 4 is 11.8 Å². The van der Waals surface area contributed by atoms with Crippen LogP contribution in [0.15, 0.2) is 23.4 Å². The number of rotatable bonds is 5. The van der Waals surface area contributed by atoms with E-state index < -0.39 is 17.3 Å². The van der Waals surface area contributed by atoms with E-state index in [-0.39, 0.29) is 6.54 Å². The second kappa shape index (κ2) is 5.90. The third-order valence-corrected chi connectivity index (χ3v) is 3.34. The summed E-state index contributed by atoms with van der Waals surface area (Å²) in [6.07, 6.45) is -3.10. The van der Waals surface area contributed by atoms with Crippen LogP contribution in [-0.2, 0) is 6.18 Å². The molecule has 3 N–H and O–H groups in total. The van der Waals surface area contributed by atoms with E-state index in [1.807, 2.05) is 0 Å². The topological polar surface area (TPSA) is 59.1 Å². The third kappa shape index (κ3) is 4.83. The number of halogens is 3. The third-order valence-electron chi connectivity index (χ3n) is 2.39. The molecule has 18 heavy (non-hydrogen) atoms. The van der Waals surface area contributed by atoms with Crippen LogP contribution in [0.1, 0.15) is 18.9 Å². The number of hydrogen-bond acceptors (Lipinski definition) is 4. The van der Waals surface area contributed by atoms with Crippen LogP contribution in [0.2, 0.25) is 0 Å². The van der Waals surface area contributed by atoms with Crippen LogP contribution < -0.4 is 5.73 Å². The summed E-state index contributed by atoms with van der Waals surface area (Å²) in [4.78, 5) is 3.72. The first kappa shape index (κ1) is 15.3. The summed E-state index contributed by atoms with van der Waals surface area (Å²) < 4.78 is 36.8. The number of nitrogens with zero attached hydrogens (tertiary/aromatic N) is 1. The number of aromatic nitrogens is 1. The van der Waals surface area contributed by atoms with Crippen LogP contribution in [0.3, 0.4) is 0 Å². The molecule has 0 bridgehead atoms. The highest BCUT2D eigenvalue weighted by molar-refractivity contribution is 7.99. The summed E-state index contributed by atoms with van der Waals surface area (Å²) >= 11 is 1.29. The van der Waals surface area contributed by atoms with Crippen LogP contribution in [0.25, 0.3) is 0 Å². The van der Waals surface area contributed by atoms with E-state index in [1.165, 1.54) is 17.8 Å². The second-order valence-electron chi connectivity index (χ2n) is 4.18. The number of thioether (sulfide) groups is 1. The Morgan fingerprint density at radius 2 is 2.06 bits per heavy atom. The molecule has 7 heteroatoms. The summed E-state index contributed by atoms with van der Waals surface area (Å²) in [5.41, 5.74) is 3.64. The van der Waals surface area contributed by atoms with Crippen molar-refractivity contribution in [2.24, 2.45) is 5.73 Å². The van der Waals surface area contributed by atoms with Gasteiger partial charge in [-0.25, -0.2) is 4.98 Å². The number of alkyl halides is 3. The zero-order valence-corrected chi connectivity index (χ0v) is 10.7. The fourth-order valence-corrected chi connectivity index (χ4v) is 2.15. The first-order valence-electron chi connectivity index (χ1n) is 5.33. The lowest BCUT2D eigenvalue weighted by molar-refractivity contribution is -0.137. The molecule has 0 aliphatic carbocycles. The molecular weight excluding hydrogens is 265 g/mol. The Morgan fingerprint density at radius 3 is 2.50 bits per heavy atom. The molecule has 0 fully saturated rings. The molecule has 0 aromatic carbocycles. The fraction of sp³-hybridized carbons (Fsp3) is 0.545. The van der Waals surface area contributed by atoms with E-state index >= 15 is 0 Å². The molecule has 1 atom stereocenters. The van der Waals surface area contributed by atoms with Crippen LogP contribution in [0.5, 0.6) is 0 Å². The number of aliphatic hydroxyl groups is 1. The molecule has 1 unspecified atom stereocenters. The average molecular weight is 280 g/mol. The lowest BCUT2D eigenvalue weighted by atomic mass is 10.1. The van der Waals surface area contributed by atoms with Crippen LogP contribution >= 0.6 is 11.8 Å². The molecule has 0 radical (unpaired) electrons. The molecule has 3 nitrogen and oxygen atoms in total. The maximum absolute atomic E-state index is 12.3. The molecule has 1 heterocycles. The molecule has 0 aliphatic rings. The average Bonchev–Trinajstić information content (AvgIpc) is 2.28. The maximum Gasteiger partial charge on any atom is 0.417 e. The zero-order valence-electron chi connectivity index (χ0n) is 9.87. The predicted molar refractivity (Wildman–Crippen MR) is 64.3 cm³/mol. The van der Waals surface area contributed by atoms with E-state index in [2.05, 4.69) is 4.98 Å². The van der Waals surface area contributed by atoms with Gasteiger partial charge in [-0.05, 0) is 25.5 Å². The first-order valence-corrected chi connectivity index (χ1v) is 6.32. The van der Waals surface area contributed by atoms with Gasteiger partial charge in [-0.3, -0.25) is 0 Å². The van der Waals surface area contributed by atoms with Crippen molar-refractivity contribution in [2.75, 3.05) is 12.3 Å². The van der Waals surface area contributed by atoms with Gasteiger partial charge in [0.05, 0.1) is 16.2 Å². The van der Waals surface area contributed by atoms with Gasteiger partial charge in [0.25, 0.3) is 0 Å². The molecule has 0 spiro atoms. The van der Waals surface area contributed by atoms with Crippen molar-refractivity contribution in [3.8, 4) is 0 Å². The quantitative estimate of drug-likeness (QED) is 0.812. The smallest absolute Gasteiger partial charge is 0.389 e. The minimum Gasteiger partial charge on any atom is -0.389 e. The normalized spacial score (nSPS) is 15.4. The lowest BCUT2D eigenvalue weighted by Crippen LogP contribution is -2.34. The van der Waals surface area contributed by atoms with E-state index in [0.717, 1.165) is 12.3 Å². The Bertz CT molecular complexity index is 379. The van der Waals surface area contributed by atoms with E-state index in [9.17, 15) is 18.3 Å². The molecule has 0 aliphatic heterocycles. The zero-order chi connectivity index (χ0) is 13.8. The van der Waals surface area contributed by atoms with E-state index in [0.29, 0.717) is 17.2 Å². The molecule has 0 saturated heterocycles. The maximum atomic E-state index is 12.3. The summed E-state index contributed by atoms with van der Waals surface area (Å²) in [6.45, 7) is 1.77. The fourth-order valence-electron chi connectivity index (χ4n) is 1.11. The van der Waals surface area contributed by atoms with Crippen molar-refractivity contribution in [1.82, 2.24) is 4.98 Å². The Labute approximate surface area is 108 Å². The SMILES string of the molecule is CC(O)(CN)CCSc1ccc(C(F)(F)F)cn1. The van der Waals surface area contributed by atoms with Gasteiger partial charge >= 0.3 is 6.18 Å². The summed E-state index contributed by atoms with van der Waals surface area (Å²) in [5.74, 6) is 0.544. The Balaban J connectivity index is 2.50. The molecule has 1 aromatic rings. The van der Waals surface area contributed by atoms with Gasteiger partial charge in [0.1, 0.15) is 0 Å². The second-order valence-corrected chi connectivity index (χ2v) is 5.30. The van der Waals surface area contributed by atoms with E-state index in [1.54, 1.807) is 6.92 Å². The number of nitrogens with two attached hydrogens (primary N) is 1. The predicted octanol–water partition coefficient (Wildman–Crippen LogP) is 2.29. The molecule has 0 amide bonds. The van der Waals surface area contributed by atoms with Crippen molar-refractivity contribution in [1.29, 1.82) is 0 Å². The standard InChI is InChI=1S/C11H15F3N2OS/c1-10(17,7-15)4-5-18-9-3-2-8(6-16-9)11(12,13)14/h2-3,6,17H,4-5,7,15H2,1H3. The first-order chi connectivity index (χ1) is 8.24. The van der Waals surface area contributed by atoms with Crippen LogP contribution in [0, 0.1) is 0 Å². The van der Waals surface area contributed by atoms with Crippen LogP contribution in [0.4, 0.5) is 13.2 Å². The van der Waals surface area contributed by atoms with Crippen molar-refractivity contribution < 1.29 is 18.3 Å². The summed E-state index contributed by atoms with van der Waals surface area (Å²) in [5, 5.41) is 10.1. The number of hydrogen-bond donors (Lipinski definition) is 2. The van der Waals surface area contributed by atoms with Crippen LogP contribution in [-0.4, -0.2) is 28.0 Å². The monoisotopic (exact) mass is 280 g/mol. The Kier molecular flexibility index (Phi) is 5.01. The van der Waals surface area contributed by atoms with Gasteiger partial charge in [-0.1, -0.05) is 0 Å². The van der Waals surface area contributed by atoms with Gasteiger partial charge in [-0.2, -0.15) is 13.2 Å². The van der Waals surface area contributed by atoms with Gasteiger partial charge in [0, 0.05) is 18.5 Å². The van der Waals surface area contributed by atoms with Gasteiger partial charge in [0.15, 0.2) is 0 Å². The molecular formula is C11H15F3N2OS. The highest BCUT2D eigenvalue weighted by Gasteiger charge is 2.30. The minimum absolute atomic E-state index is 0.147. The number of pyridine rings is 1. The Hall–Kier alpha value is -0.790. The van der Waals surface area contributed by atoms with Crippen molar-refractivity contribution in [2.45, 2.75) is 30.1 Å². The molecule has 102 valence electrons. The van der Waals surface area contributed by atoms with Gasteiger partial charge in [0.2, 0.25) is 0 Å². The van der Waals surface area contributed by atoms with Gasteiger partial charge < -0.3 is 10.8 Å². The van der Waals surface area contributed by atoms with E-state index in [4.69, 9.17) is 5.73 Å². The Morgan fingerprint density at radius 1 is 1.39 bits per heavy atom. The summed E-state index contributed by atoms with van der Waals surface area (Å²) in [7, 11) is 0. The highest BCUT2D eigenvalue weighted by atomic mass is 32.2. The minimum atomic E-state index is -4.36. The summed E-state index contributed by atoms with van der Waals surface area (Å²) in [6, 6.07) is 2.32. The van der Waals surface area contributed by atoms with Crippen molar-refractivity contribution in [3.63, 3.8) is 0 Å². The van der Waals surface area contributed by atoms with Crippen molar-refractivity contribution in [3.05, 3.63) is 23.9 Å². The highest BCUT2D eigenvalue weighted by Crippen LogP contribution is 2.29.